The average Bonchev–Trinajstić information content (AvgIpc) is 2.56. The Morgan fingerprint density at radius 1 is 1.35 bits per heavy atom. The van der Waals surface area contributed by atoms with E-state index in [0.717, 1.165) is 17.0 Å². The molecule has 0 aromatic carbocycles. The summed E-state index contributed by atoms with van der Waals surface area (Å²) in [7, 11) is 0. The number of thioether (sulfide) groups is 1. The molecule has 1 N–H and O–H groups in total. The molecule has 0 spiro atoms. The number of rotatable bonds is 7. The second-order valence-corrected chi connectivity index (χ2v) is 6.64. The Balaban J connectivity index is 2.02. The molecule has 0 bridgehead atoms. The van der Waals surface area contributed by atoms with E-state index in [2.05, 4.69) is 15.3 Å². The van der Waals surface area contributed by atoms with Crippen molar-refractivity contribution < 1.29 is 9.53 Å². The van der Waals surface area contributed by atoms with Crippen molar-refractivity contribution in [3.8, 4) is 11.6 Å². The minimum absolute atomic E-state index is 0.0173. The Morgan fingerprint density at radius 2 is 2.17 bits per heavy atom. The summed E-state index contributed by atoms with van der Waals surface area (Å²) in [5.74, 6) is 2.03. The van der Waals surface area contributed by atoms with Gasteiger partial charge in [-0.05, 0) is 37.8 Å². The van der Waals surface area contributed by atoms with E-state index in [1.54, 1.807) is 24.2 Å². The molecule has 0 radical (unpaired) electrons. The first-order chi connectivity index (χ1) is 11.1. The summed E-state index contributed by atoms with van der Waals surface area (Å²) < 4.78 is 5.77. The van der Waals surface area contributed by atoms with Crippen molar-refractivity contribution in [3.05, 3.63) is 47.9 Å². The van der Waals surface area contributed by atoms with E-state index in [4.69, 9.17) is 4.74 Å². The molecule has 2 heterocycles. The lowest BCUT2D eigenvalue weighted by molar-refractivity contribution is -0.120. The molecule has 2 aromatic rings. The van der Waals surface area contributed by atoms with Gasteiger partial charge in [0.25, 0.3) is 0 Å². The second kappa shape index (κ2) is 8.53. The molecule has 0 fully saturated rings. The van der Waals surface area contributed by atoms with Crippen LogP contribution in [0.3, 0.4) is 0 Å². The molecular weight excluding hydrogens is 310 g/mol. The Kier molecular flexibility index (Phi) is 6.40. The molecule has 0 aliphatic heterocycles. The summed E-state index contributed by atoms with van der Waals surface area (Å²) in [5, 5.41) is 2.86. The van der Waals surface area contributed by atoms with Crippen molar-refractivity contribution in [2.45, 2.75) is 32.6 Å². The van der Waals surface area contributed by atoms with E-state index in [1.165, 1.54) is 0 Å². The standard InChI is InChI=1S/C17H21N3O2S/c1-4-23-13(3)16(21)20-10-14-6-5-9-18-17(14)22-15-8-7-12(2)19-11-15/h5-9,11,13H,4,10H2,1-3H3,(H,20,21)/t13-/m0/s1. The lowest BCUT2D eigenvalue weighted by Crippen LogP contribution is -2.30. The number of nitrogens with zero attached hydrogens (tertiary/aromatic N) is 2. The van der Waals surface area contributed by atoms with Gasteiger partial charge in [0, 0.05) is 24.0 Å². The van der Waals surface area contributed by atoms with E-state index >= 15 is 0 Å². The van der Waals surface area contributed by atoms with E-state index < -0.39 is 0 Å². The number of hydrogen-bond donors (Lipinski definition) is 1. The summed E-state index contributed by atoms with van der Waals surface area (Å²) in [6.45, 7) is 6.25. The zero-order valence-electron chi connectivity index (χ0n) is 13.6. The minimum atomic E-state index is -0.0673. The number of carbonyl (C=O) groups excluding carboxylic acids is 1. The smallest absolute Gasteiger partial charge is 0.233 e. The SMILES string of the molecule is CCS[C@@H](C)C(=O)NCc1cccnc1Oc1ccc(C)nc1. The molecule has 6 heteroatoms. The van der Waals surface area contributed by atoms with Crippen LogP contribution >= 0.6 is 11.8 Å². The zero-order valence-corrected chi connectivity index (χ0v) is 14.4. The monoisotopic (exact) mass is 331 g/mol. The van der Waals surface area contributed by atoms with Crippen molar-refractivity contribution in [2.24, 2.45) is 0 Å². The molecular formula is C17H21N3O2S. The molecule has 122 valence electrons. The topological polar surface area (TPSA) is 64.1 Å². The van der Waals surface area contributed by atoms with Gasteiger partial charge in [0.05, 0.1) is 11.4 Å². The van der Waals surface area contributed by atoms with Crippen molar-refractivity contribution >= 4 is 17.7 Å². The highest BCUT2D eigenvalue weighted by Crippen LogP contribution is 2.22. The van der Waals surface area contributed by atoms with Crippen molar-refractivity contribution in [3.63, 3.8) is 0 Å². The lowest BCUT2D eigenvalue weighted by Gasteiger charge is -2.13. The number of nitrogens with one attached hydrogen (secondary N) is 1. The highest BCUT2D eigenvalue weighted by molar-refractivity contribution is 8.00. The Labute approximate surface area is 140 Å². The van der Waals surface area contributed by atoms with E-state index in [9.17, 15) is 4.79 Å². The molecule has 5 nitrogen and oxygen atoms in total. The number of aryl methyl sites for hydroxylation is 1. The molecule has 0 unspecified atom stereocenters. The summed E-state index contributed by atoms with van der Waals surface area (Å²) in [6.07, 6.45) is 3.32. The molecule has 23 heavy (non-hydrogen) atoms. The molecule has 0 saturated heterocycles. The van der Waals surface area contributed by atoms with Gasteiger partial charge in [-0.25, -0.2) is 4.98 Å². The molecule has 1 amide bonds. The third kappa shape index (κ3) is 5.25. The third-order valence-electron chi connectivity index (χ3n) is 3.19. The van der Waals surface area contributed by atoms with Crippen LogP contribution in [-0.2, 0) is 11.3 Å². The maximum Gasteiger partial charge on any atom is 0.233 e. The number of pyridine rings is 2. The molecule has 0 saturated carbocycles. The minimum Gasteiger partial charge on any atom is -0.437 e. The van der Waals surface area contributed by atoms with Crippen LogP contribution in [0, 0.1) is 6.92 Å². The van der Waals surface area contributed by atoms with Crippen LogP contribution in [0.2, 0.25) is 0 Å². The quantitative estimate of drug-likeness (QED) is 0.843. The van der Waals surface area contributed by atoms with Crippen LogP contribution in [0.25, 0.3) is 0 Å². The predicted octanol–water partition coefficient (Wildman–Crippen LogP) is 3.34. The van der Waals surface area contributed by atoms with Gasteiger partial charge in [0.2, 0.25) is 11.8 Å². The van der Waals surface area contributed by atoms with Crippen LogP contribution in [0.15, 0.2) is 36.7 Å². The van der Waals surface area contributed by atoms with E-state index in [0.29, 0.717) is 18.2 Å². The first-order valence-corrected chi connectivity index (χ1v) is 8.58. The summed E-state index contributed by atoms with van der Waals surface area (Å²) in [4.78, 5) is 20.5. The fraction of sp³-hybridized carbons (Fsp3) is 0.353. The fourth-order valence-electron chi connectivity index (χ4n) is 1.93. The molecule has 2 rings (SSSR count). The maximum atomic E-state index is 12.0. The largest absolute Gasteiger partial charge is 0.437 e. The van der Waals surface area contributed by atoms with Gasteiger partial charge in [-0.2, -0.15) is 0 Å². The van der Waals surface area contributed by atoms with Crippen LogP contribution in [0.5, 0.6) is 11.6 Å². The van der Waals surface area contributed by atoms with Crippen molar-refractivity contribution in [1.82, 2.24) is 15.3 Å². The summed E-state index contributed by atoms with van der Waals surface area (Å²) in [6, 6.07) is 7.44. The summed E-state index contributed by atoms with van der Waals surface area (Å²) in [5.41, 5.74) is 1.75. The van der Waals surface area contributed by atoms with Crippen molar-refractivity contribution in [1.29, 1.82) is 0 Å². The third-order valence-corrected chi connectivity index (χ3v) is 4.24. The van der Waals surface area contributed by atoms with Gasteiger partial charge in [-0.1, -0.05) is 13.0 Å². The van der Waals surface area contributed by atoms with Crippen LogP contribution in [0.1, 0.15) is 25.1 Å². The number of ether oxygens (including phenoxy) is 1. The zero-order chi connectivity index (χ0) is 16.7. The number of hydrogen-bond acceptors (Lipinski definition) is 5. The Bertz CT molecular complexity index is 647. The second-order valence-electron chi connectivity index (χ2n) is 5.02. The molecule has 0 aliphatic carbocycles. The van der Waals surface area contributed by atoms with Crippen LogP contribution < -0.4 is 10.1 Å². The maximum absolute atomic E-state index is 12.0. The van der Waals surface area contributed by atoms with Gasteiger partial charge in [-0.3, -0.25) is 9.78 Å². The van der Waals surface area contributed by atoms with Gasteiger partial charge < -0.3 is 10.1 Å². The first-order valence-electron chi connectivity index (χ1n) is 7.54. The number of aromatic nitrogens is 2. The molecule has 2 aromatic heterocycles. The average molecular weight is 331 g/mol. The van der Waals surface area contributed by atoms with E-state index in [1.807, 2.05) is 45.0 Å². The summed E-state index contributed by atoms with van der Waals surface area (Å²) >= 11 is 1.62. The Morgan fingerprint density at radius 3 is 2.87 bits per heavy atom. The van der Waals surface area contributed by atoms with Gasteiger partial charge >= 0.3 is 0 Å². The van der Waals surface area contributed by atoms with Gasteiger partial charge in [0.1, 0.15) is 5.75 Å². The first kappa shape index (κ1) is 17.3. The van der Waals surface area contributed by atoms with Crippen LogP contribution in [-0.4, -0.2) is 26.9 Å². The highest BCUT2D eigenvalue weighted by atomic mass is 32.2. The highest BCUT2D eigenvalue weighted by Gasteiger charge is 2.13. The Hall–Kier alpha value is -2.08. The van der Waals surface area contributed by atoms with Crippen LogP contribution in [0.4, 0.5) is 0 Å². The lowest BCUT2D eigenvalue weighted by atomic mass is 10.2. The van der Waals surface area contributed by atoms with Crippen molar-refractivity contribution in [2.75, 3.05) is 5.75 Å². The van der Waals surface area contributed by atoms with E-state index in [-0.39, 0.29) is 11.2 Å². The fourth-order valence-corrected chi connectivity index (χ4v) is 2.66. The predicted molar refractivity (Wildman–Crippen MR) is 92.7 cm³/mol. The molecule has 1 atom stereocenters. The van der Waals surface area contributed by atoms with Gasteiger partial charge in [0.15, 0.2) is 0 Å². The number of carbonyl (C=O) groups is 1. The normalized spacial score (nSPS) is 11.8. The molecule has 0 aliphatic rings. The number of amides is 1. The van der Waals surface area contributed by atoms with Gasteiger partial charge in [-0.15, -0.1) is 11.8 Å².